The van der Waals surface area contributed by atoms with Crippen molar-refractivity contribution in [2.24, 2.45) is 11.8 Å². The highest BCUT2D eigenvalue weighted by Crippen LogP contribution is 2.36. The third-order valence-corrected chi connectivity index (χ3v) is 4.60. The van der Waals surface area contributed by atoms with Crippen molar-refractivity contribution in [1.29, 1.82) is 0 Å². The van der Waals surface area contributed by atoms with E-state index in [1.807, 2.05) is 6.92 Å². The smallest absolute Gasteiger partial charge is 0.288 e. The van der Waals surface area contributed by atoms with Gasteiger partial charge in [0.25, 0.3) is 5.69 Å². The van der Waals surface area contributed by atoms with Crippen LogP contribution >= 0.6 is 11.6 Å². The highest BCUT2D eigenvalue weighted by Gasteiger charge is 2.30. The van der Waals surface area contributed by atoms with Gasteiger partial charge in [-0.05, 0) is 43.2 Å². The highest BCUT2D eigenvalue weighted by molar-refractivity contribution is 6.33. The van der Waals surface area contributed by atoms with Crippen molar-refractivity contribution in [3.05, 3.63) is 32.8 Å². The van der Waals surface area contributed by atoms with E-state index in [0.29, 0.717) is 17.9 Å². The fourth-order valence-electron chi connectivity index (χ4n) is 2.73. The molecule has 0 aliphatic heterocycles. The van der Waals surface area contributed by atoms with Crippen molar-refractivity contribution in [3.63, 3.8) is 0 Å². The van der Waals surface area contributed by atoms with E-state index in [4.69, 9.17) is 11.6 Å². The maximum Gasteiger partial charge on any atom is 0.288 e. The molecule has 0 aromatic heterocycles. The SMILES string of the molecule is Cc1cc([N+](=O)[O-])c(Cl)cc1NC1CCC(C)C1C. The zero-order valence-electron chi connectivity index (χ0n) is 11.4. The second-order valence-corrected chi connectivity index (χ2v) is 5.95. The molecule has 1 fully saturated rings. The van der Waals surface area contributed by atoms with E-state index >= 15 is 0 Å². The second-order valence-electron chi connectivity index (χ2n) is 5.54. The van der Waals surface area contributed by atoms with E-state index < -0.39 is 4.92 Å². The summed E-state index contributed by atoms with van der Waals surface area (Å²) in [6.45, 7) is 6.38. The number of aryl methyl sites for hydroxylation is 1. The Labute approximate surface area is 118 Å². The molecule has 0 heterocycles. The lowest BCUT2D eigenvalue weighted by atomic mass is 9.97. The second kappa shape index (κ2) is 5.37. The Hall–Kier alpha value is -1.29. The van der Waals surface area contributed by atoms with E-state index in [1.54, 1.807) is 6.07 Å². The summed E-state index contributed by atoms with van der Waals surface area (Å²) >= 11 is 5.97. The van der Waals surface area contributed by atoms with Crippen LogP contribution in [0.1, 0.15) is 32.3 Å². The van der Waals surface area contributed by atoms with Crippen molar-refractivity contribution >= 4 is 23.0 Å². The summed E-state index contributed by atoms with van der Waals surface area (Å²) in [7, 11) is 0. The fraction of sp³-hybridized carbons (Fsp3) is 0.571. The summed E-state index contributed by atoms with van der Waals surface area (Å²) in [4.78, 5) is 10.4. The van der Waals surface area contributed by atoms with Gasteiger partial charge in [0.15, 0.2) is 0 Å². The van der Waals surface area contributed by atoms with Gasteiger partial charge in [-0.2, -0.15) is 0 Å². The third kappa shape index (κ3) is 2.84. The Balaban J connectivity index is 2.22. The Bertz CT molecular complexity index is 504. The van der Waals surface area contributed by atoms with Gasteiger partial charge in [0.05, 0.1) is 4.92 Å². The van der Waals surface area contributed by atoms with E-state index in [2.05, 4.69) is 19.2 Å². The van der Waals surface area contributed by atoms with Crippen molar-refractivity contribution in [1.82, 2.24) is 0 Å². The zero-order chi connectivity index (χ0) is 14.2. The van der Waals surface area contributed by atoms with Crippen LogP contribution in [-0.4, -0.2) is 11.0 Å². The summed E-state index contributed by atoms with van der Waals surface area (Å²) < 4.78 is 0. The van der Waals surface area contributed by atoms with Crippen LogP contribution < -0.4 is 5.32 Å². The van der Waals surface area contributed by atoms with Crippen LogP contribution in [0.2, 0.25) is 5.02 Å². The minimum Gasteiger partial charge on any atom is -0.382 e. The topological polar surface area (TPSA) is 55.2 Å². The average molecular weight is 283 g/mol. The number of nitrogens with zero attached hydrogens (tertiary/aromatic N) is 1. The van der Waals surface area contributed by atoms with E-state index in [-0.39, 0.29) is 10.7 Å². The quantitative estimate of drug-likeness (QED) is 0.660. The van der Waals surface area contributed by atoms with Crippen LogP contribution in [0.4, 0.5) is 11.4 Å². The fourth-order valence-corrected chi connectivity index (χ4v) is 2.96. The predicted octanol–water partition coefficient (Wildman–Crippen LogP) is 4.40. The number of nitrogens with one attached hydrogen (secondary N) is 1. The van der Waals surface area contributed by atoms with Gasteiger partial charge >= 0.3 is 0 Å². The van der Waals surface area contributed by atoms with Gasteiger partial charge in [-0.25, -0.2) is 0 Å². The summed E-state index contributed by atoms with van der Waals surface area (Å²) in [5, 5.41) is 14.5. The molecule has 19 heavy (non-hydrogen) atoms. The average Bonchev–Trinajstić information content (AvgIpc) is 2.65. The summed E-state index contributed by atoms with van der Waals surface area (Å²) in [5.74, 6) is 1.32. The Morgan fingerprint density at radius 1 is 1.37 bits per heavy atom. The lowest BCUT2D eigenvalue weighted by Crippen LogP contribution is -2.24. The Kier molecular flexibility index (Phi) is 3.99. The molecule has 104 valence electrons. The lowest BCUT2D eigenvalue weighted by molar-refractivity contribution is -0.384. The van der Waals surface area contributed by atoms with Crippen molar-refractivity contribution in [2.75, 3.05) is 5.32 Å². The van der Waals surface area contributed by atoms with Gasteiger partial charge in [0.2, 0.25) is 0 Å². The monoisotopic (exact) mass is 282 g/mol. The number of nitro groups is 1. The van der Waals surface area contributed by atoms with E-state index in [9.17, 15) is 10.1 Å². The molecular formula is C14H19ClN2O2. The van der Waals surface area contributed by atoms with Crippen LogP contribution in [0.25, 0.3) is 0 Å². The molecule has 5 heteroatoms. The number of nitro benzene ring substituents is 1. The molecule has 2 rings (SSSR count). The number of benzene rings is 1. The molecule has 0 amide bonds. The van der Waals surface area contributed by atoms with Gasteiger partial charge in [-0.1, -0.05) is 25.4 Å². The zero-order valence-corrected chi connectivity index (χ0v) is 12.2. The molecule has 1 saturated carbocycles. The van der Waals surface area contributed by atoms with E-state index in [0.717, 1.165) is 17.7 Å². The minimum absolute atomic E-state index is 0.0300. The molecule has 3 atom stereocenters. The van der Waals surface area contributed by atoms with Gasteiger partial charge in [0, 0.05) is 17.8 Å². The minimum atomic E-state index is -0.445. The largest absolute Gasteiger partial charge is 0.382 e. The van der Waals surface area contributed by atoms with Gasteiger partial charge in [-0.15, -0.1) is 0 Å². The first-order valence-electron chi connectivity index (χ1n) is 6.61. The summed E-state index contributed by atoms with van der Waals surface area (Å²) in [5.41, 5.74) is 1.74. The first-order valence-corrected chi connectivity index (χ1v) is 6.99. The molecule has 1 N–H and O–H groups in total. The molecule has 0 radical (unpaired) electrons. The summed E-state index contributed by atoms with van der Waals surface area (Å²) in [6.07, 6.45) is 2.36. The highest BCUT2D eigenvalue weighted by atomic mass is 35.5. The third-order valence-electron chi connectivity index (χ3n) is 4.30. The number of anilines is 1. The molecular weight excluding hydrogens is 264 g/mol. The van der Waals surface area contributed by atoms with Crippen LogP contribution in [0.5, 0.6) is 0 Å². The molecule has 0 spiro atoms. The van der Waals surface area contributed by atoms with Gasteiger partial charge in [0.1, 0.15) is 5.02 Å². The number of halogens is 1. The lowest BCUT2D eigenvalue weighted by Gasteiger charge is -2.22. The van der Waals surface area contributed by atoms with Crippen LogP contribution in [-0.2, 0) is 0 Å². The van der Waals surface area contributed by atoms with Crippen LogP contribution in [0, 0.1) is 28.9 Å². The molecule has 0 bridgehead atoms. The Morgan fingerprint density at radius 2 is 2.05 bits per heavy atom. The molecule has 3 unspecified atom stereocenters. The van der Waals surface area contributed by atoms with E-state index in [1.165, 1.54) is 12.5 Å². The molecule has 4 nitrogen and oxygen atoms in total. The number of hydrogen-bond donors (Lipinski definition) is 1. The number of rotatable bonds is 3. The first kappa shape index (κ1) is 14.1. The molecule has 1 aromatic carbocycles. The molecule has 1 aromatic rings. The molecule has 1 aliphatic carbocycles. The van der Waals surface area contributed by atoms with Crippen molar-refractivity contribution < 1.29 is 4.92 Å². The van der Waals surface area contributed by atoms with Crippen molar-refractivity contribution in [2.45, 2.75) is 39.7 Å². The molecule has 0 saturated heterocycles. The van der Waals surface area contributed by atoms with Crippen LogP contribution in [0.15, 0.2) is 12.1 Å². The maximum absolute atomic E-state index is 10.8. The Morgan fingerprint density at radius 3 is 2.58 bits per heavy atom. The normalized spacial score (nSPS) is 26.4. The first-order chi connectivity index (χ1) is 8.90. The van der Waals surface area contributed by atoms with Crippen LogP contribution in [0.3, 0.4) is 0 Å². The molecule has 1 aliphatic rings. The summed E-state index contributed by atoms with van der Waals surface area (Å²) in [6, 6.07) is 3.63. The number of hydrogen-bond acceptors (Lipinski definition) is 3. The van der Waals surface area contributed by atoms with Crippen molar-refractivity contribution in [3.8, 4) is 0 Å². The predicted molar refractivity (Wildman–Crippen MR) is 77.8 cm³/mol. The maximum atomic E-state index is 10.8. The standard InChI is InChI=1S/C14H19ClN2O2/c1-8-4-5-12(10(8)3)16-13-7-11(15)14(17(18)19)6-9(13)2/h6-8,10,12,16H,4-5H2,1-3H3. The van der Waals surface area contributed by atoms with Gasteiger partial charge < -0.3 is 5.32 Å². The van der Waals surface area contributed by atoms with Gasteiger partial charge in [-0.3, -0.25) is 10.1 Å².